The van der Waals surface area contributed by atoms with Gasteiger partial charge in [0.05, 0.1) is 6.04 Å². The van der Waals surface area contributed by atoms with Gasteiger partial charge in [0.15, 0.2) is 0 Å². The van der Waals surface area contributed by atoms with Gasteiger partial charge in [-0.25, -0.2) is 0 Å². The van der Waals surface area contributed by atoms with Crippen molar-refractivity contribution >= 4 is 12.2 Å². The minimum Gasteiger partial charge on any atom is -0.347 e. The molecule has 0 aliphatic rings. The van der Waals surface area contributed by atoms with Crippen LogP contribution in [-0.4, -0.2) is 18.2 Å². The van der Waals surface area contributed by atoms with Crippen LogP contribution in [0.1, 0.15) is 27.2 Å². The maximum Gasteiger partial charge on any atom is 0.217 e. The summed E-state index contributed by atoms with van der Waals surface area (Å²) in [5.74, 6) is 0.278. The molecule has 1 N–H and O–H groups in total. The Bertz CT molecular complexity index is 143. The van der Waals surface area contributed by atoms with Crippen molar-refractivity contribution in [2.75, 3.05) is 0 Å². The van der Waals surface area contributed by atoms with E-state index in [0.29, 0.717) is 12.3 Å². The Morgan fingerprint density at radius 1 is 1.55 bits per heavy atom. The van der Waals surface area contributed by atoms with E-state index in [4.69, 9.17) is 0 Å². The van der Waals surface area contributed by atoms with E-state index >= 15 is 0 Å². The predicted octanol–water partition coefficient (Wildman–Crippen LogP) is 0.736. The van der Waals surface area contributed by atoms with E-state index < -0.39 is 0 Å². The summed E-state index contributed by atoms with van der Waals surface area (Å²) < 4.78 is 0. The van der Waals surface area contributed by atoms with Gasteiger partial charge < -0.3 is 10.1 Å². The highest BCUT2D eigenvalue weighted by atomic mass is 16.2. The van der Waals surface area contributed by atoms with E-state index in [1.807, 2.05) is 13.8 Å². The molecular formula is C8H15NO2. The van der Waals surface area contributed by atoms with E-state index in [1.165, 1.54) is 6.92 Å². The number of nitrogens with one attached hydrogen (secondary N) is 1. The summed E-state index contributed by atoms with van der Waals surface area (Å²) in [6.07, 6.45) is 1.49. The Labute approximate surface area is 67.2 Å². The highest BCUT2D eigenvalue weighted by molar-refractivity contribution is 5.77. The molecule has 0 saturated carbocycles. The van der Waals surface area contributed by atoms with Crippen LogP contribution in [0.15, 0.2) is 0 Å². The molecule has 0 heterocycles. The van der Waals surface area contributed by atoms with E-state index in [-0.39, 0.29) is 11.9 Å². The fourth-order valence-corrected chi connectivity index (χ4v) is 0.917. The Hall–Kier alpha value is -0.860. The van der Waals surface area contributed by atoms with Crippen LogP contribution in [0.3, 0.4) is 0 Å². The van der Waals surface area contributed by atoms with Crippen LogP contribution >= 0.6 is 0 Å². The number of hydrogen-bond donors (Lipinski definition) is 1. The molecule has 0 aliphatic carbocycles. The molecule has 0 unspecified atom stereocenters. The highest BCUT2D eigenvalue weighted by Crippen LogP contribution is 2.02. The third-order valence-electron chi connectivity index (χ3n) is 1.28. The van der Waals surface area contributed by atoms with E-state index in [2.05, 4.69) is 5.32 Å². The summed E-state index contributed by atoms with van der Waals surface area (Å²) in [4.78, 5) is 20.9. The van der Waals surface area contributed by atoms with Gasteiger partial charge in [0.2, 0.25) is 5.91 Å². The molecule has 0 aromatic carbocycles. The van der Waals surface area contributed by atoms with Gasteiger partial charge >= 0.3 is 0 Å². The van der Waals surface area contributed by atoms with Crippen molar-refractivity contribution in [1.82, 2.24) is 5.32 Å². The standard InChI is InChI=1S/C8H15NO2/c1-6(2)4-8(5-10)9-7(3)11/h5-6,8H,4H2,1-3H3,(H,9,11)/t8-/m1/s1. The second kappa shape index (κ2) is 4.88. The summed E-state index contributed by atoms with van der Waals surface area (Å²) in [7, 11) is 0. The van der Waals surface area contributed by atoms with Gasteiger partial charge in [-0.3, -0.25) is 4.79 Å². The smallest absolute Gasteiger partial charge is 0.217 e. The third kappa shape index (κ3) is 5.58. The monoisotopic (exact) mass is 157 g/mol. The molecule has 3 heteroatoms. The Kier molecular flexibility index (Phi) is 4.50. The average molecular weight is 157 g/mol. The van der Waals surface area contributed by atoms with Gasteiger partial charge in [-0.05, 0) is 12.3 Å². The van der Waals surface area contributed by atoms with Crippen LogP contribution in [0.2, 0.25) is 0 Å². The van der Waals surface area contributed by atoms with Crippen molar-refractivity contribution in [2.45, 2.75) is 33.2 Å². The fraction of sp³-hybridized carbons (Fsp3) is 0.750. The normalized spacial score (nSPS) is 12.7. The first kappa shape index (κ1) is 10.1. The zero-order valence-corrected chi connectivity index (χ0v) is 7.26. The first-order chi connectivity index (χ1) is 5.06. The molecule has 1 amide bonds. The lowest BCUT2D eigenvalue weighted by molar-refractivity contribution is -0.122. The molecule has 11 heavy (non-hydrogen) atoms. The molecule has 0 spiro atoms. The quantitative estimate of drug-likeness (QED) is 0.612. The number of rotatable bonds is 4. The minimum absolute atomic E-state index is 0.150. The number of carbonyl (C=O) groups excluding carboxylic acids is 2. The lowest BCUT2D eigenvalue weighted by Crippen LogP contribution is -2.35. The van der Waals surface area contributed by atoms with Crippen molar-refractivity contribution in [3.8, 4) is 0 Å². The molecule has 0 saturated heterocycles. The average Bonchev–Trinajstić information content (AvgIpc) is 1.84. The van der Waals surface area contributed by atoms with E-state index in [9.17, 15) is 9.59 Å². The van der Waals surface area contributed by atoms with Gasteiger partial charge in [0.1, 0.15) is 6.29 Å². The molecular weight excluding hydrogens is 142 g/mol. The van der Waals surface area contributed by atoms with Crippen molar-refractivity contribution in [2.24, 2.45) is 5.92 Å². The SMILES string of the molecule is CC(=O)N[C@@H](C=O)CC(C)C. The van der Waals surface area contributed by atoms with Crippen molar-refractivity contribution < 1.29 is 9.59 Å². The lowest BCUT2D eigenvalue weighted by atomic mass is 10.1. The van der Waals surface area contributed by atoms with Crippen LogP contribution in [0.4, 0.5) is 0 Å². The molecule has 0 aromatic heterocycles. The Morgan fingerprint density at radius 2 is 2.09 bits per heavy atom. The highest BCUT2D eigenvalue weighted by Gasteiger charge is 2.09. The number of amides is 1. The molecule has 0 radical (unpaired) electrons. The summed E-state index contributed by atoms with van der Waals surface area (Å²) in [5, 5.41) is 2.55. The maximum atomic E-state index is 10.5. The number of carbonyl (C=O) groups is 2. The van der Waals surface area contributed by atoms with Crippen molar-refractivity contribution in [3.63, 3.8) is 0 Å². The molecule has 0 fully saturated rings. The van der Waals surface area contributed by atoms with E-state index in [0.717, 1.165) is 6.29 Å². The molecule has 1 atom stereocenters. The largest absolute Gasteiger partial charge is 0.347 e. The van der Waals surface area contributed by atoms with Crippen LogP contribution in [0.25, 0.3) is 0 Å². The van der Waals surface area contributed by atoms with Gasteiger partial charge in [-0.2, -0.15) is 0 Å². The second-order valence-electron chi connectivity index (χ2n) is 3.07. The van der Waals surface area contributed by atoms with Crippen LogP contribution in [-0.2, 0) is 9.59 Å². The summed E-state index contributed by atoms with van der Waals surface area (Å²) in [6, 6.07) is -0.313. The van der Waals surface area contributed by atoms with Gasteiger partial charge in [-0.15, -0.1) is 0 Å². The van der Waals surface area contributed by atoms with Crippen LogP contribution < -0.4 is 5.32 Å². The van der Waals surface area contributed by atoms with Crippen molar-refractivity contribution in [3.05, 3.63) is 0 Å². The lowest BCUT2D eigenvalue weighted by Gasteiger charge is -2.12. The maximum absolute atomic E-state index is 10.5. The van der Waals surface area contributed by atoms with Gasteiger partial charge in [0.25, 0.3) is 0 Å². The topological polar surface area (TPSA) is 46.2 Å². The first-order valence-electron chi connectivity index (χ1n) is 3.78. The summed E-state index contributed by atoms with van der Waals surface area (Å²) in [5.41, 5.74) is 0. The molecule has 0 bridgehead atoms. The summed E-state index contributed by atoms with van der Waals surface area (Å²) in [6.45, 7) is 5.44. The second-order valence-corrected chi connectivity index (χ2v) is 3.07. The molecule has 64 valence electrons. The van der Waals surface area contributed by atoms with Crippen LogP contribution in [0.5, 0.6) is 0 Å². The van der Waals surface area contributed by atoms with Gasteiger partial charge in [-0.1, -0.05) is 13.8 Å². The Morgan fingerprint density at radius 3 is 2.36 bits per heavy atom. The molecule has 0 aromatic rings. The summed E-state index contributed by atoms with van der Waals surface area (Å²) >= 11 is 0. The number of aldehydes is 1. The zero-order chi connectivity index (χ0) is 8.85. The predicted molar refractivity (Wildman–Crippen MR) is 43.1 cm³/mol. The fourth-order valence-electron chi connectivity index (χ4n) is 0.917. The molecule has 0 aliphatic heterocycles. The third-order valence-corrected chi connectivity index (χ3v) is 1.28. The molecule has 0 rings (SSSR count). The van der Waals surface area contributed by atoms with Crippen molar-refractivity contribution in [1.29, 1.82) is 0 Å². The minimum atomic E-state index is -0.313. The van der Waals surface area contributed by atoms with Crippen LogP contribution in [0, 0.1) is 5.92 Å². The van der Waals surface area contributed by atoms with Gasteiger partial charge in [0, 0.05) is 6.92 Å². The number of hydrogen-bond acceptors (Lipinski definition) is 2. The zero-order valence-electron chi connectivity index (χ0n) is 7.26. The van der Waals surface area contributed by atoms with E-state index in [1.54, 1.807) is 0 Å². The molecule has 3 nitrogen and oxygen atoms in total. The first-order valence-corrected chi connectivity index (χ1v) is 3.78. The Balaban J connectivity index is 3.76.